The van der Waals surface area contributed by atoms with E-state index in [9.17, 15) is 26.7 Å². The summed E-state index contributed by atoms with van der Waals surface area (Å²) in [5, 5.41) is -1.26. The molecule has 110 valence electrons. The van der Waals surface area contributed by atoms with Crippen LogP contribution in [0.15, 0.2) is 30.3 Å². The normalized spacial score (nSPS) is 12.3. The third kappa shape index (κ3) is 2.63. The maximum atomic E-state index is 13.8. The molecule has 0 aliphatic carbocycles. The third-order valence-corrected chi connectivity index (χ3v) is 3.11. The molecule has 0 aliphatic heterocycles. The molecular formula is C14H6ClF5O. The van der Waals surface area contributed by atoms with Gasteiger partial charge in [-0.25, -0.2) is 22.0 Å². The number of hydrogen-bond acceptors (Lipinski definition) is 1. The zero-order valence-electron chi connectivity index (χ0n) is 10.1. The summed E-state index contributed by atoms with van der Waals surface area (Å²) in [6.07, 6.45) is 0. The molecule has 2 aromatic rings. The van der Waals surface area contributed by atoms with E-state index >= 15 is 0 Å². The van der Waals surface area contributed by atoms with Crippen molar-refractivity contribution in [2.24, 2.45) is 0 Å². The van der Waals surface area contributed by atoms with Crippen molar-refractivity contribution in [3.8, 4) is 0 Å². The Morgan fingerprint density at radius 3 is 1.67 bits per heavy atom. The first-order valence-electron chi connectivity index (χ1n) is 5.61. The monoisotopic (exact) mass is 320 g/mol. The molecule has 1 atom stereocenters. The predicted molar refractivity (Wildman–Crippen MR) is 65.4 cm³/mol. The minimum Gasteiger partial charge on any atom is -0.280 e. The summed E-state index contributed by atoms with van der Waals surface area (Å²) < 4.78 is 67.0. The van der Waals surface area contributed by atoms with Gasteiger partial charge in [-0.3, -0.25) is 4.79 Å². The molecule has 2 rings (SSSR count). The maximum absolute atomic E-state index is 13.8. The third-order valence-electron chi connectivity index (χ3n) is 2.89. The highest BCUT2D eigenvalue weighted by molar-refractivity contribution is 6.65. The Hall–Kier alpha value is -1.95. The molecule has 0 heterocycles. The number of carbonyl (C=O) groups excluding carboxylic acids is 1. The second kappa shape index (κ2) is 5.81. The van der Waals surface area contributed by atoms with Crippen LogP contribution >= 0.6 is 11.6 Å². The summed E-state index contributed by atoms with van der Waals surface area (Å²) in [5.41, 5.74) is -1.25. The van der Waals surface area contributed by atoms with Crippen LogP contribution in [-0.4, -0.2) is 5.24 Å². The van der Waals surface area contributed by atoms with Gasteiger partial charge in [0.25, 0.3) is 0 Å². The van der Waals surface area contributed by atoms with Gasteiger partial charge in [-0.2, -0.15) is 0 Å². The number of benzene rings is 2. The fraction of sp³-hybridized carbons (Fsp3) is 0.0714. The quantitative estimate of drug-likeness (QED) is 0.357. The summed E-state index contributed by atoms with van der Waals surface area (Å²) >= 11 is 5.29. The van der Waals surface area contributed by atoms with Crippen LogP contribution in [0.4, 0.5) is 22.0 Å². The van der Waals surface area contributed by atoms with Crippen LogP contribution < -0.4 is 0 Å². The van der Waals surface area contributed by atoms with E-state index in [-0.39, 0.29) is 5.56 Å². The molecule has 0 bridgehead atoms. The van der Waals surface area contributed by atoms with E-state index in [4.69, 9.17) is 11.6 Å². The van der Waals surface area contributed by atoms with Gasteiger partial charge in [-0.1, -0.05) is 30.3 Å². The summed E-state index contributed by atoms with van der Waals surface area (Å²) in [6, 6.07) is 7.02. The SMILES string of the molecule is O=C(Cl)C(c1ccccc1)c1c(F)c(F)c(F)c(F)c1F. The smallest absolute Gasteiger partial charge is 0.233 e. The van der Waals surface area contributed by atoms with Crippen LogP contribution in [0.1, 0.15) is 17.0 Å². The molecule has 0 aliphatic rings. The molecule has 0 saturated heterocycles. The van der Waals surface area contributed by atoms with Crippen molar-refractivity contribution in [1.29, 1.82) is 0 Å². The zero-order valence-corrected chi connectivity index (χ0v) is 10.9. The molecule has 0 saturated carbocycles. The molecule has 1 unspecified atom stereocenters. The Morgan fingerprint density at radius 1 is 0.810 bits per heavy atom. The topological polar surface area (TPSA) is 17.1 Å². The summed E-state index contributed by atoms with van der Waals surface area (Å²) in [7, 11) is 0. The van der Waals surface area contributed by atoms with Crippen molar-refractivity contribution in [2.75, 3.05) is 0 Å². The Labute approximate surface area is 121 Å². The lowest BCUT2D eigenvalue weighted by atomic mass is 9.91. The average molecular weight is 321 g/mol. The van der Waals surface area contributed by atoms with Gasteiger partial charge < -0.3 is 0 Å². The van der Waals surface area contributed by atoms with Crippen LogP contribution in [-0.2, 0) is 4.79 Å². The zero-order chi connectivity index (χ0) is 15.7. The van der Waals surface area contributed by atoms with Gasteiger partial charge in [0.05, 0.1) is 5.92 Å². The Bertz CT molecular complexity index is 673. The van der Waals surface area contributed by atoms with Crippen molar-refractivity contribution < 1.29 is 26.7 Å². The number of rotatable bonds is 3. The predicted octanol–water partition coefficient (Wildman–Crippen LogP) is 4.28. The van der Waals surface area contributed by atoms with E-state index in [1.807, 2.05) is 0 Å². The highest BCUT2D eigenvalue weighted by atomic mass is 35.5. The minimum atomic E-state index is -2.29. The van der Waals surface area contributed by atoms with Crippen LogP contribution in [0.2, 0.25) is 0 Å². The van der Waals surface area contributed by atoms with E-state index in [2.05, 4.69) is 0 Å². The van der Waals surface area contributed by atoms with Gasteiger partial charge in [0.15, 0.2) is 23.3 Å². The molecule has 0 amide bonds. The van der Waals surface area contributed by atoms with Gasteiger partial charge in [0, 0.05) is 5.56 Å². The van der Waals surface area contributed by atoms with Crippen molar-refractivity contribution in [2.45, 2.75) is 5.92 Å². The summed E-state index contributed by atoms with van der Waals surface area (Å²) in [4.78, 5) is 11.5. The summed E-state index contributed by atoms with van der Waals surface area (Å²) in [5.74, 6) is -12.5. The minimum absolute atomic E-state index is 0.0145. The molecule has 0 fully saturated rings. The summed E-state index contributed by atoms with van der Waals surface area (Å²) in [6.45, 7) is 0. The first-order chi connectivity index (χ1) is 9.86. The molecule has 0 radical (unpaired) electrons. The van der Waals surface area contributed by atoms with Gasteiger partial charge >= 0.3 is 0 Å². The number of halogens is 6. The fourth-order valence-electron chi connectivity index (χ4n) is 1.93. The molecule has 0 N–H and O–H groups in total. The first kappa shape index (κ1) is 15.4. The molecule has 7 heteroatoms. The Kier molecular flexibility index (Phi) is 4.27. The second-order valence-corrected chi connectivity index (χ2v) is 4.50. The van der Waals surface area contributed by atoms with E-state index in [1.165, 1.54) is 24.3 Å². The second-order valence-electron chi connectivity index (χ2n) is 4.13. The van der Waals surface area contributed by atoms with Gasteiger partial charge in [0.1, 0.15) is 0 Å². The highest BCUT2D eigenvalue weighted by Crippen LogP contribution is 2.34. The van der Waals surface area contributed by atoms with Crippen molar-refractivity contribution in [3.05, 3.63) is 70.5 Å². The first-order valence-corrected chi connectivity index (χ1v) is 5.99. The van der Waals surface area contributed by atoms with E-state index in [1.54, 1.807) is 6.07 Å². The molecule has 0 aromatic heterocycles. The van der Waals surface area contributed by atoms with Crippen molar-refractivity contribution in [1.82, 2.24) is 0 Å². The fourth-order valence-corrected chi connectivity index (χ4v) is 2.17. The number of carbonyl (C=O) groups is 1. The molecule has 0 spiro atoms. The van der Waals surface area contributed by atoms with Crippen molar-refractivity contribution in [3.63, 3.8) is 0 Å². The van der Waals surface area contributed by atoms with E-state index < -0.39 is 45.8 Å². The Morgan fingerprint density at radius 2 is 1.24 bits per heavy atom. The van der Waals surface area contributed by atoms with Crippen LogP contribution in [0.3, 0.4) is 0 Å². The standard InChI is InChI=1S/C14H6ClF5O/c15-14(21)7(6-4-2-1-3-5-6)8-9(16)11(18)13(20)12(19)10(8)17/h1-5,7H. The molecular weight excluding hydrogens is 315 g/mol. The van der Waals surface area contributed by atoms with E-state index in [0.29, 0.717) is 0 Å². The molecule has 21 heavy (non-hydrogen) atoms. The maximum Gasteiger partial charge on any atom is 0.233 e. The lowest BCUT2D eigenvalue weighted by Crippen LogP contribution is -2.16. The Balaban J connectivity index is 2.77. The van der Waals surface area contributed by atoms with Gasteiger partial charge in [-0.15, -0.1) is 0 Å². The van der Waals surface area contributed by atoms with Crippen LogP contribution in [0, 0.1) is 29.1 Å². The highest BCUT2D eigenvalue weighted by Gasteiger charge is 2.34. The van der Waals surface area contributed by atoms with Crippen LogP contribution in [0.25, 0.3) is 0 Å². The molecule has 1 nitrogen and oxygen atoms in total. The average Bonchev–Trinajstić information content (AvgIpc) is 2.48. The van der Waals surface area contributed by atoms with Crippen molar-refractivity contribution >= 4 is 16.8 Å². The lowest BCUT2D eigenvalue weighted by Gasteiger charge is -2.16. The molecule has 2 aromatic carbocycles. The lowest BCUT2D eigenvalue weighted by molar-refractivity contribution is -0.112. The largest absolute Gasteiger partial charge is 0.280 e. The van der Waals surface area contributed by atoms with Crippen LogP contribution in [0.5, 0.6) is 0 Å². The van der Waals surface area contributed by atoms with Gasteiger partial charge in [0.2, 0.25) is 11.1 Å². The van der Waals surface area contributed by atoms with E-state index in [0.717, 1.165) is 0 Å². The van der Waals surface area contributed by atoms with Gasteiger partial charge in [-0.05, 0) is 17.2 Å². The number of hydrogen-bond donors (Lipinski definition) is 0.